The van der Waals surface area contributed by atoms with E-state index >= 15 is 0 Å². The second-order valence-corrected chi connectivity index (χ2v) is 9.20. The Kier molecular flexibility index (Phi) is 8.78. The first-order chi connectivity index (χ1) is 16.4. The highest BCUT2D eigenvalue weighted by Crippen LogP contribution is 2.18. The van der Waals surface area contributed by atoms with E-state index < -0.39 is 16.1 Å². The number of carbonyl (C=O) groups is 2. The average molecular weight is 482 g/mol. The summed E-state index contributed by atoms with van der Waals surface area (Å²) in [4.78, 5) is 25.3. The van der Waals surface area contributed by atoms with Crippen molar-refractivity contribution in [1.29, 1.82) is 0 Å². The van der Waals surface area contributed by atoms with Crippen LogP contribution < -0.4 is 20.1 Å². The van der Waals surface area contributed by atoms with Gasteiger partial charge in [-0.15, -0.1) is 0 Å². The molecule has 3 rings (SSSR count). The van der Waals surface area contributed by atoms with Gasteiger partial charge in [-0.05, 0) is 42.0 Å². The van der Waals surface area contributed by atoms with Gasteiger partial charge >= 0.3 is 0 Å². The van der Waals surface area contributed by atoms with E-state index in [1.807, 2.05) is 36.4 Å². The number of methoxy groups -OCH3 is 1. The molecule has 0 bridgehead atoms. The summed E-state index contributed by atoms with van der Waals surface area (Å²) in [7, 11) is -2.21. The minimum atomic E-state index is -3.71. The highest BCUT2D eigenvalue weighted by atomic mass is 32.2. The quantitative estimate of drug-likeness (QED) is 0.365. The number of sulfonamides is 1. The van der Waals surface area contributed by atoms with Crippen LogP contribution in [0.2, 0.25) is 0 Å². The Hall–Kier alpha value is -3.69. The topological polar surface area (TPSA) is 114 Å². The van der Waals surface area contributed by atoms with Crippen LogP contribution in [-0.4, -0.2) is 40.4 Å². The zero-order chi connectivity index (χ0) is 24.4. The standard InChI is InChI=1S/C25H27N3O5S/c1-33-21-12-14-22(15-13-21)34(31,32)27-17-16-26-24(29)18-23(19-8-4-2-5-9-19)28-25(30)20-10-6-3-7-11-20/h2-15,23,27H,16-18H2,1H3,(H,26,29)(H,28,30)/t23-/m1/s1. The molecule has 3 N–H and O–H groups in total. The second kappa shape index (κ2) is 12.0. The normalized spacial score (nSPS) is 11.9. The Morgan fingerprint density at radius 2 is 1.47 bits per heavy atom. The largest absolute Gasteiger partial charge is 0.497 e. The third-order valence-corrected chi connectivity index (χ3v) is 6.52. The van der Waals surface area contributed by atoms with Crippen molar-refractivity contribution < 1.29 is 22.7 Å². The summed E-state index contributed by atoms with van der Waals surface area (Å²) in [5.74, 6) is -0.0427. The van der Waals surface area contributed by atoms with Crippen LogP contribution >= 0.6 is 0 Å². The minimum Gasteiger partial charge on any atom is -0.497 e. The summed E-state index contributed by atoms with van der Waals surface area (Å²) >= 11 is 0. The maximum atomic E-state index is 12.6. The number of nitrogens with one attached hydrogen (secondary N) is 3. The van der Waals surface area contributed by atoms with E-state index in [1.54, 1.807) is 36.4 Å². The Bertz CT molecular complexity index is 1180. The Morgan fingerprint density at radius 3 is 2.09 bits per heavy atom. The predicted molar refractivity (Wildman–Crippen MR) is 129 cm³/mol. The number of hydrogen-bond acceptors (Lipinski definition) is 5. The average Bonchev–Trinajstić information content (AvgIpc) is 2.87. The van der Waals surface area contributed by atoms with Crippen LogP contribution in [0, 0.1) is 0 Å². The van der Waals surface area contributed by atoms with Crippen molar-refractivity contribution in [2.45, 2.75) is 17.4 Å². The third-order valence-electron chi connectivity index (χ3n) is 5.04. The van der Waals surface area contributed by atoms with E-state index in [-0.39, 0.29) is 36.2 Å². The highest BCUT2D eigenvalue weighted by molar-refractivity contribution is 7.89. The molecule has 0 heterocycles. The van der Waals surface area contributed by atoms with Gasteiger partial charge in [0.05, 0.1) is 24.5 Å². The molecule has 1 atom stereocenters. The lowest BCUT2D eigenvalue weighted by atomic mass is 10.0. The third kappa shape index (κ3) is 7.16. The van der Waals surface area contributed by atoms with Crippen LogP contribution in [0.4, 0.5) is 0 Å². The van der Waals surface area contributed by atoms with Gasteiger partial charge in [0.25, 0.3) is 5.91 Å². The molecule has 9 heteroatoms. The molecule has 0 aliphatic heterocycles. The molecule has 34 heavy (non-hydrogen) atoms. The maximum Gasteiger partial charge on any atom is 0.251 e. The van der Waals surface area contributed by atoms with Crippen molar-refractivity contribution in [2.75, 3.05) is 20.2 Å². The van der Waals surface area contributed by atoms with Gasteiger partial charge in [-0.3, -0.25) is 9.59 Å². The zero-order valence-corrected chi connectivity index (χ0v) is 19.5. The highest BCUT2D eigenvalue weighted by Gasteiger charge is 2.19. The fourth-order valence-corrected chi connectivity index (χ4v) is 4.28. The molecule has 0 fully saturated rings. The number of amides is 2. The predicted octanol–water partition coefficient (Wildman–Crippen LogP) is 2.65. The monoisotopic (exact) mass is 481 g/mol. The number of ether oxygens (including phenoxy) is 1. The van der Waals surface area contributed by atoms with Crippen molar-refractivity contribution in [3.05, 3.63) is 96.1 Å². The van der Waals surface area contributed by atoms with Crippen LogP contribution in [-0.2, 0) is 14.8 Å². The first kappa shape index (κ1) is 24.9. The van der Waals surface area contributed by atoms with E-state index in [0.29, 0.717) is 11.3 Å². The van der Waals surface area contributed by atoms with Crippen molar-refractivity contribution >= 4 is 21.8 Å². The molecule has 2 amide bonds. The summed E-state index contributed by atoms with van der Waals surface area (Å²) < 4.78 is 32.3. The molecule has 3 aromatic rings. The number of rotatable bonds is 11. The van der Waals surface area contributed by atoms with Gasteiger partial charge in [-0.2, -0.15) is 0 Å². The smallest absolute Gasteiger partial charge is 0.251 e. The maximum absolute atomic E-state index is 12.6. The molecule has 0 saturated carbocycles. The SMILES string of the molecule is COc1ccc(S(=O)(=O)NCCNC(=O)C[C@@H](NC(=O)c2ccccc2)c2ccccc2)cc1. The van der Waals surface area contributed by atoms with Crippen molar-refractivity contribution in [3.8, 4) is 5.75 Å². The van der Waals surface area contributed by atoms with E-state index in [9.17, 15) is 18.0 Å². The first-order valence-electron chi connectivity index (χ1n) is 10.7. The molecule has 8 nitrogen and oxygen atoms in total. The first-order valence-corrected chi connectivity index (χ1v) is 12.2. The summed E-state index contributed by atoms with van der Waals surface area (Å²) in [5, 5.41) is 5.61. The van der Waals surface area contributed by atoms with Gasteiger partial charge in [0.1, 0.15) is 5.75 Å². The van der Waals surface area contributed by atoms with E-state index in [4.69, 9.17) is 4.74 Å². The van der Waals surface area contributed by atoms with E-state index in [1.165, 1.54) is 19.2 Å². The second-order valence-electron chi connectivity index (χ2n) is 7.43. The molecule has 3 aromatic carbocycles. The fraction of sp³-hybridized carbons (Fsp3) is 0.200. The van der Waals surface area contributed by atoms with E-state index in [0.717, 1.165) is 5.56 Å². The molecular weight excluding hydrogens is 454 g/mol. The Morgan fingerprint density at radius 1 is 0.853 bits per heavy atom. The lowest BCUT2D eigenvalue weighted by Gasteiger charge is -2.19. The van der Waals surface area contributed by atoms with Crippen LogP contribution in [0.25, 0.3) is 0 Å². The molecule has 178 valence electrons. The molecule has 0 aromatic heterocycles. The van der Waals surface area contributed by atoms with Crippen LogP contribution in [0.1, 0.15) is 28.4 Å². The van der Waals surface area contributed by atoms with Gasteiger partial charge in [-0.1, -0.05) is 48.5 Å². The number of benzene rings is 3. The fourth-order valence-electron chi connectivity index (χ4n) is 3.25. The van der Waals surface area contributed by atoms with Crippen LogP contribution in [0.15, 0.2) is 89.8 Å². The Labute approximate surface area is 199 Å². The van der Waals surface area contributed by atoms with Gasteiger partial charge in [-0.25, -0.2) is 13.1 Å². The van der Waals surface area contributed by atoms with Crippen molar-refractivity contribution in [2.24, 2.45) is 0 Å². The molecule has 0 spiro atoms. The summed E-state index contributed by atoms with van der Waals surface area (Å²) in [6.45, 7) is 0.120. The molecule has 0 unspecified atom stereocenters. The number of carbonyl (C=O) groups excluding carboxylic acids is 2. The van der Waals surface area contributed by atoms with Gasteiger partial charge in [0.15, 0.2) is 0 Å². The summed E-state index contributed by atoms with van der Waals surface area (Å²) in [6, 6.07) is 23.4. The van der Waals surface area contributed by atoms with Crippen LogP contribution in [0.3, 0.4) is 0 Å². The van der Waals surface area contributed by atoms with Crippen molar-refractivity contribution in [3.63, 3.8) is 0 Å². The van der Waals surface area contributed by atoms with Crippen molar-refractivity contribution in [1.82, 2.24) is 15.4 Å². The van der Waals surface area contributed by atoms with Gasteiger partial charge in [0, 0.05) is 18.7 Å². The van der Waals surface area contributed by atoms with E-state index in [2.05, 4.69) is 15.4 Å². The molecule has 0 aliphatic carbocycles. The van der Waals surface area contributed by atoms with Gasteiger partial charge in [0.2, 0.25) is 15.9 Å². The lowest BCUT2D eigenvalue weighted by Crippen LogP contribution is -2.37. The lowest BCUT2D eigenvalue weighted by molar-refractivity contribution is -0.121. The molecule has 0 radical (unpaired) electrons. The number of hydrogen-bond donors (Lipinski definition) is 3. The minimum absolute atomic E-state index is 0.00775. The molecule has 0 saturated heterocycles. The summed E-state index contributed by atoms with van der Waals surface area (Å²) in [6.07, 6.45) is 0.00775. The molecule has 0 aliphatic rings. The Balaban J connectivity index is 1.54. The van der Waals surface area contributed by atoms with Crippen LogP contribution in [0.5, 0.6) is 5.75 Å². The molecular formula is C25H27N3O5S. The van der Waals surface area contributed by atoms with Gasteiger partial charge < -0.3 is 15.4 Å². The zero-order valence-electron chi connectivity index (χ0n) is 18.7. The summed E-state index contributed by atoms with van der Waals surface area (Å²) in [5.41, 5.74) is 1.29.